The molecule has 0 aromatic carbocycles. The third-order valence-electron chi connectivity index (χ3n) is 5.64. The molecule has 0 bridgehead atoms. The molecule has 2 aliphatic rings. The van der Waals surface area contributed by atoms with Gasteiger partial charge in [0.1, 0.15) is 0 Å². The van der Waals surface area contributed by atoms with Gasteiger partial charge in [0.25, 0.3) is 0 Å². The molecule has 0 spiro atoms. The van der Waals surface area contributed by atoms with Gasteiger partial charge in [0.2, 0.25) is 5.91 Å². The number of morpholine rings is 1. The summed E-state index contributed by atoms with van der Waals surface area (Å²) >= 11 is 1.80. The van der Waals surface area contributed by atoms with E-state index in [1.54, 1.807) is 11.3 Å². The van der Waals surface area contributed by atoms with E-state index in [1.165, 1.54) is 4.88 Å². The minimum absolute atomic E-state index is 0. The predicted octanol–water partition coefficient (Wildman–Crippen LogP) is 2.68. The second kappa shape index (κ2) is 12.8. The first kappa shape index (κ1) is 25.4. The molecular weight excluding hydrogens is 513 g/mol. The molecule has 0 saturated carbocycles. The van der Waals surface area contributed by atoms with Gasteiger partial charge < -0.3 is 20.7 Å². The molecule has 0 aliphatic carbocycles. The van der Waals surface area contributed by atoms with Crippen LogP contribution in [0.1, 0.15) is 44.0 Å². The zero-order valence-corrected chi connectivity index (χ0v) is 21.2. The number of thiophene rings is 1. The number of carbonyl (C=O) groups is 1. The summed E-state index contributed by atoms with van der Waals surface area (Å²) < 4.78 is 5.75. The van der Waals surface area contributed by atoms with Crippen LogP contribution in [0.15, 0.2) is 22.5 Å². The molecule has 2 saturated heterocycles. The third-order valence-corrected chi connectivity index (χ3v) is 6.62. The van der Waals surface area contributed by atoms with E-state index in [9.17, 15) is 4.79 Å². The zero-order chi connectivity index (χ0) is 20.6. The third kappa shape index (κ3) is 7.35. The van der Waals surface area contributed by atoms with E-state index >= 15 is 0 Å². The van der Waals surface area contributed by atoms with E-state index in [2.05, 4.69) is 46.5 Å². The maximum absolute atomic E-state index is 11.4. The van der Waals surface area contributed by atoms with Crippen molar-refractivity contribution in [1.82, 2.24) is 15.1 Å². The van der Waals surface area contributed by atoms with Crippen molar-refractivity contribution in [3.05, 3.63) is 22.4 Å². The van der Waals surface area contributed by atoms with Crippen LogP contribution in [0.25, 0.3) is 0 Å². The van der Waals surface area contributed by atoms with Gasteiger partial charge in [-0.3, -0.25) is 14.7 Å². The number of primary amides is 1. The van der Waals surface area contributed by atoms with Crippen LogP contribution in [0.3, 0.4) is 0 Å². The molecular formula is C21H36IN5O2S. The minimum atomic E-state index is -0.210. The molecule has 3 heterocycles. The molecule has 3 N–H and O–H groups in total. The van der Waals surface area contributed by atoms with Crippen molar-refractivity contribution in [2.75, 3.05) is 45.9 Å². The number of amides is 1. The zero-order valence-electron chi connectivity index (χ0n) is 18.1. The van der Waals surface area contributed by atoms with Gasteiger partial charge in [0, 0.05) is 44.0 Å². The monoisotopic (exact) mass is 549 g/mol. The van der Waals surface area contributed by atoms with Crippen molar-refractivity contribution < 1.29 is 9.53 Å². The number of guanidine groups is 1. The van der Waals surface area contributed by atoms with E-state index in [1.807, 2.05) is 0 Å². The number of carbonyl (C=O) groups excluding carboxylic acids is 1. The molecule has 1 aromatic heterocycles. The van der Waals surface area contributed by atoms with Crippen LogP contribution >= 0.6 is 35.3 Å². The molecule has 7 nitrogen and oxygen atoms in total. The number of rotatable bonds is 7. The fraction of sp³-hybridized carbons (Fsp3) is 0.714. The lowest BCUT2D eigenvalue weighted by Gasteiger charge is -2.37. The molecule has 30 heavy (non-hydrogen) atoms. The number of piperidine rings is 1. The van der Waals surface area contributed by atoms with Gasteiger partial charge in [0.05, 0.1) is 25.3 Å². The van der Waals surface area contributed by atoms with Crippen LogP contribution in [-0.2, 0) is 9.53 Å². The number of hydrogen-bond donors (Lipinski definition) is 2. The summed E-state index contributed by atoms with van der Waals surface area (Å²) in [5.74, 6) is 1.06. The Balaban J connectivity index is 0.00000320. The first-order valence-electron chi connectivity index (χ1n) is 10.8. The molecule has 3 atom stereocenters. The van der Waals surface area contributed by atoms with Gasteiger partial charge in [0.15, 0.2) is 5.96 Å². The van der Waals surface area contributed by atoms with Crippen molar-refractivity contribution in [2.24, 2.45) is 16.6 Å². The molecule has 3 unspecified atom stereocenters. The number of nitrogens with one attached hydrogen (secondary N) is 1. The lowest BCUT2D eigenvalue weighted by molar-refractivity contribution is -0.119. The largest absolute Gasteiger partial charge is 0.376 e. The highest BCUT2D eigenvalue weighted by Crippen LogP contribution is 2.27. The van der Waals surface area contributed by atoms with E-state index < -0.39 is 0 Å². The first-order valence-corrected chi connectivity index (χ1v) is 11.7. The molecule has 9 heteroatoms. The number of halogens is 1. The average Bonchev–Trinajstić information content (AvgIpc) is 3.21. The SMILES string of the molecule is CCNC(=NCC(c1cccs1)N1CCOC(C)C1)N1CCCC(CC(N)=O)C1.I. The van der Waals surface area contributed by atoms with Crippen LogP contribution in [-0.4, -0.2) is 73.6 Å². The Morgan fingerprint density at radius 2 is 2.27 bits per heavy atom. The second-order valence-corrected chi connectivity index (χ2v) is 9.01. The Hall–Kier alpha value is -0.910. The van der Waals surface area contributed by atoms with Crippen molar-refractivity contribution in [2.45, 2.75) is 45.3 Å². The number of hydrogen-bond acceptors (Lipinski definition) is 5. The average molecular weight is 550 g/mol. The molecule has 2 aliphatic heterocycles. The number of ether oxygens (including phenoxy) is 1. The molecule has 2 fully saturated rings. The number of nitrogens with two attached hydrogens (primary N) is 1. The van der Waals surface area contributed by atoms with Gasteiger partial charge in [-0.2, -0.15) is 0 Å². The summed E-state index contributed by atoms with van der Waals surface area (Å²) in [4.78, 5) is 22.6. The topological polar surface area (TPSA) is 83.2 Å². The molecule has 0 radical (unpaired) electrons. The van der Waals surface area contributed by atoms with Gasteiger partial charge in [-0.25, -0.2) is 0 Å². The Bertz CT molecular complexity index is 672. The number of nitrogens with zero attached hydrogens (tertiary/aromatic N) is 3. The van der Waals surface area contributed by atoms with Crippen molar-refractivity contribution in [3.8, 4) is 0 Å². The summed E-state index contributed by atoms with van der Waals surface area (Å²) in [5.41, 5.74) is 5.43. The van der Waals surface area contributed by atoms with Crippen molar-refractivity contribution in [3.63, 3.8) is 0 Å². The van der Waals surface area contributed by atoms with Crippen molar-refractivity contribution >= 4 is 47.2 Å². The Morgan fingerprint density at radius 1 is 1.43 bits per heavy atom. The quantitative estimate of drug-likeness (QED) is 0.311. The van der Waals surface area contributed by atoms with E-state index in [0.717, 1.165) is 58.1 Å². The van der Waals surface area contributed by atoms with E-state index in [-0.39, 0.29) is 42.0 Å². The Morgan fingerprint density at radius 3 is 2.93 bits per heavy atom. The van der Waals surface area contributed by atoms with Crippen LogP contribution in [0.2, 0.25) is 0 Å². The lowest BCUT2D eigenvalue weighted by atomic mass is 9.95. The lowest BCUT2D eigenvalue weighted by Crippen LogP contribution is -2.48. The predicted molar refractivity (Wildman–Crippen MR) is 134 cm³/mol. The van der Waals surface area contributed by atoms with E-state index in [4.69, 9.17) is 15.5 Å². The van der Waals surface area contributed by atoms with Gasteiger partial charge in [-0.15, -0.1) is 35.3 Å². The summed E-state index contributed by atoms with van der Waals surface area (Å²) in [6, 6.07) is 4.59. The maximum Gasteiger partial charge on any atom is 0.217 e. The molecule has 170 valence electrons. The Labute approximate surface area is 201 Å². The number of likely N-dealkylation sites (tertiary alicyclic amines) is 1. The summed E-state index contributed by atoms with van der Waals surface area (Å²) in [7, 11) is 0. The maximum atomic E-state index is 11.4. The highest BCUT2D eigenvalue weighted by molar-refractivity contribution is 14.0. The van der Waals surface area contributed by atoms with Gasteiger partial charge in [-0.1, -0.05) is 6.07 Å². The standard InChI is InChI=1S/C21H35N5O2S.HI/c1-3-23-21(26-8-4-6-17(15-26)12-20(22)27)24-13-18(19-7-5-11-29-19)25-9-10-28-16(2)14-25;/h5,7,11,16-18H,3-4,6,8-10,12-15H2,1-2H3,(H2,22,27)(H,23,24);1H. The molecule has 1 amide bonds. The fourth-order valence-electron chi connectivity index (χ4n) is 4.30. The smallest absolute Gasteiger partial charge is 0.217 e. The highest BCUT2D eigenvalue weighted by atomic mass is 127. The van der Waals surface area contributed by atoms with E-state index in [0.29, 0.717) is 18.9 Å². The number of aliphatic imine (C=N–C) groups is 1. The minimum Gasteiger partial charge on any atom is -0.376 e. The normalized spacial score (nSPS) is 24.2. The van der Waals surface area contributed by atoms with Gasteiger partial charge in [-0.05, 0) is 44.1 Å². The van der Waals surface area contributed by atoms with Crippen LogP contribution in [0.4, 0.5) is 0 Å². The van der Waals surface area contributed by atoms with Gasteiger partial charge >= 0.3 is 0 Å². The van der Waals surface area contributed by atoms with Crippen LogP contribution in [0, 0.1) is 5.92 Å². The van der Waals surface area contributed by atoms with Crippen molar-refractivity contribution in [1.29, 1.82) is 0 Å². The molecule has 3 rings (SSSR count). The first-order chi connectivity index (χ1) is 14.1. The molecule has 1 aromatic rings. The second-order valence-electron chi connectivity index (χ2n) is 8.03. The van der Waals surface area contributed by atoms with Crippen LogP contribution < -0.4 is 11.1 Å². The van der Waals surface area contributed by atoms with Crippen LogP contribution in [0.5, 0.6) is 0 Å². The highest BCUT2D eigenvalue weighted by Gasteiger charge is 2.27. The fourth-order valence-corrected chi connectivity index (χ4v) is 5.15. The Kier molecular flexibility index (Phi) is 10.8. The summed E-state index contributed by atoms with van der Waals surface area (Å²) in [6.07, 6.45) is 2.83. The summed E-state index contributed by atoms with van der Waals surface area (Å²) in [6.45, 7) is 10.2. The summed E-state index contributed by atoms with van der Waals surface area (Å²) in [5, 5.41) is 5.60.